The maximum Gasteiger partial charge on any atom is 0.115 e. The van der Waals surface area contributed by atoms with Gasteiger partial charge in [-0.25, -0.2) is 4.31 Å². The molecule has 0 radical (unpaired) electrons. The van der Waals surface area contributed by atoms with Gasteiger partial charge in [0.25, 0.3) is 0 Å². The highest BCUT2D eigenvalue weighted by molar-refractivity contribution is 7.98. The van der Waals surface area contributed by atoms with Crippen LogP contribution in [0.1, 0.15) is 5.56 Å². The second-order valence-corrected chi connectivity index (χ2v) is 9.80. The largest absolute Gasteiger partial charge is 0.508 e. The number of likely N-dealkylation sites (N-methyl/N-ethyl adjacent to an activating group) is 1. The van der Waals surface area contributed by atoms with Gasteiger partial charge in [-0.05, 0) is 60.3 Å². The maximum atomic E-state index is 9.68. The van der Waals surface area contributed by atoms with Gasteiger partial charge in [0, 0.05) is 38.4 Å². The van der Waals surface area contributed by atoms with E-state index in [1.807, 2.05) is 24.1 Å². The molecule has 0 spiro atoms. The average molecular weight is 426 g/mol. The van der Waals surface area contributed by atoms with Gasteiger partial charge in [0.1, 0.15) is 5.75 Å². The van der Waals surface area contributed by atoms with Gasteiger partial charge in [0.2, 0.25) is 0 Å². The molecule has 2 aromatic carbocycles. The summed E-state index contributed by atoms with van der Waals surface area (Å²) in [4.78, 5) is 4.90. The van der Waals surface area contributed by atoms with E-state index >= 15 is 0 Å². The van der Waals surface area contributed by atoms with Gasteiger partial charge in [-0.2, -0.15) is 0 Å². The molecule has 4 nitrogen and oxygen atoms in total. The minimum atomic E-state index is 0.318. The Bertz CT molecular complexity index is 871. The Balaban J connectivity index is 1.47. The average Bonchev–Trinajstić information content (AvgIpc) is 3.23. The van der Waals surface area contributed by atoms with Gasteiger partial charge in [-0.15, -0.1) is 11.3 Å². The molecule has 0 aliphatic carbocycles. The molecule has 1 aliphatic heterocycles. The summed E-state index contributed by atoms with van der Waals surface area (Å²) in [6, 6.07) is 23.0. The monoisotopic (exact) mass is 425 g/mol. The number of rotatable bonds is 7. The molecule has 0 amide bonds. The molecule has 1 unspecified atom stereocenters. The zero-order chi connectivity index (χ0) is 20.1. The standard InChI is InChI=1S/C23H27N3OS2/c1-24(16-19-6-3-2-4-7-19)17-21-18-25(29-23-8-5-15-28-23)13-14-26(21)20-9-11-22(27)12-10-20/h2-12,15,21,27H,13-14,16-18H2,1H3. The van der Waals surface area contributed by atoms with E-state index in [1.54, 1.807) is 23.5 Å². The topological polar surface area (TPSA) is 30.0 Å². The summed E-state index contributed by atoms with van der Waals surface area (Å²) in [6.45, 7) is 4.92. The van der Waals surface area contributed by atoms with Crippen molar-refractivity contribution in [3.8, 4) is 5.75 Å². The van der Waals surface area contributed by atoms with Crippen LogP contribution in [0.2, 0.25) is 0 Å². The van der Waals surface area contributed by atoms with Crippen molar-refractivity contribution >= 4 is 29.0 Å². The molecule has 0 bridgehead atoms. The smallest absolute Gasteiger partial charge is 0.115 e. The van der Waals surface area contributed by atoms with Gasteiger partial charge in [-0.1, -0.05) is 36.4 Å². The first-order chi connectivity index (χ1) is 14.2. The molecule has 29 heavy (non-hydrogen) atoms. The molecule has 152 valence electrons. The molecule has 2 heterocycles. The molecular formula is C23H27N3OS2. The fourth-order valence-electron chi connectivity index (χ4n) is 3.81. The number of benzene rings is 2. The number of aromatic hydroxyl groups is 1. The second kappa shape index (κ2) is 9.67. The molecule has 1 aromatic heterocycles. The number of hydrogen-bond donors (Lipinski definition) is 1. The van der Waals surface area contributed by atoms with Gasteiger partial charge >= 0.3 is 0 Å². The van der Waals surface area contributed by atoms with Crippen molar-refractivity contribution < 1.29 is 5.11 Å². The van der Waals surface area contributed by atoms with Crippen molar-refractivity contribution in [3.05, 3.63) is 77.7 Å². The first kappa shape index (κ1) is 20.3. The molecule has 1 N–H and O–H groups in total. The van der Waals surface area contributed by atoms with Crippen LogP contribution in [0.5, 0.6) is 5.75 Å². The number of phenols is 1. The second-order valence-electron chi connectivity index (χ2n) is 7.46. The SMILES string of the molecule is CN(Cc1ccccc1)CC1CN(Sc2cccs2)CCN1c1ccc(O)cc1. The summed E-state index contributed by atoms with van der Waals surface area (Å²) in [5, 5.41) is 11.8. The maximum absolute atomic E-state index is 9.68. The number of anilines is 1. The van der Waals surface area contributed by atoms with Crippen LogP contribution in [0, 0.1) is 0 Å². The normalized spacial score (nSPS) is 17.7. The first-order valence-corrected chi connectivity index (χ1v) is 11.6. The van der Waals surface area contributed by atoms with Crippen LogP contribution in [0.25, 0.3) is 0 Å². The molecule has 0 saturated carbocycles. The summed E-state index contributed by atoms with van der Waals surface area (Å²) in [6.07, 6.45) is 0. The number of phenolic OH excluding ortho intramolecular Hbond substituents is 1. The molecule has 1 saturated heterocycles. The zero-order valence-corrected chi connectivity index (χ0v) is 18.3. The number of nitrogens with zero attached hydrogens (tertiary/aromatic N) is 3. The lowest BCUT2D eigenvalue weighted by molar-refractivity contribution is 0.256. The predicted octanol–water partition coefficient (Wildman–Crippen LogP) is 4.78. The highest BCUT2D eigenvalue weighted by atomic mass is 32.2. The molecule has 4 rings (SSSR count). The molecule has 1 atom stereocenters. The van der Waals surface area contributed by atoms with E-state index < -0.39 is 0 Å². The molecule has 6 heteroatoms. The Labute approximate surface area is 181 Å². The highest BCUT2D eigenvalue weighted by Gasteiger charge is 2.29. The van der Waals surface area contributed by atoms with Gasteiger partial charge in [0.05, 0.1) is 10.3 Å². The van der Waals surface area contributed by atoms with E-state index in [-0.39, 0.29) is 0 Å². The summed E-state index contributed by atoms with van der Waals surface area (Å²) < 4.78 is 3.84. The molecule has 3 aromatic rings. The van der Waals surface area contributed by atoms with E-state index in [0.29, 0.717) is 11.8 Å². The van der Waals surface area contributed by atoms with E-state index in [9.17, 15) is 5.11 Å². The van der Waals surface area contributed by atoms with Crippen molar-refractivity contribution in [2.24, 2.45) is 0 Å². The van der Waals surface area contributed by atoms with Crippen molar-refractivity contribution in [2.45, 2.75) is 16.8 Å². The van der Waals surface area contributed by atoms with Crippen molar-refractivity contribution in [1.82, 2.24) is 9.21 Å². The number of hydrogen-bond acceptors (Lipinski definition) is 6. The summed E-state index contributed by atoms with van der Waals surface area (Å²) in [5.41, 5.74) is 2.52. The van der Waals surface area contributed by atoms with Crippen LogP contribution in [0.3, 0.4) is 0 Å². The van der Waals surface area contributed by atoms with E-state index in [4.69, 9.17) is 0 Å². The van der Waals surface area contributed by atoms with Gasteiger partial charge < -0.3 is 14.9 Å². The highest BCUT2D eigenvalue weighted by Crippen LogP contribution is 2.31. The lowest BCUT2D eigenvalue weighted by Gasteiger charge is -2.43. The van der Waals surface area contributed by atoms with E-state index in [2.05, 4.69) is 69.0 Å². The molecule has 1 fully saturated rings. The summed E-state index contributed by atoms with van der Waals surface area (Å²) >= 11 is 3.67. The number of piperazine rings is 1. The van der Waals surface area contributed by atoms with Crippen LogP contribution >= 0.6 is 23.3 Å². The summed E-state index contributed by atoms with van der Waals surface area (Å²) in [5.74, 6) is 0.318. The van der Waals surface area contributed by atoms with Crippen LogP contribution in [0.15, 0.2) is 76.3 Å². The summed E-state index contributed by atoms with van der Waals surface area (Å²) in [7, 11) is 2.20. The molecule has 1 aliphatic rings. The fourth-order valence-corrected chi connectivity index (χ4v) is 5.73. The fraction of sp³-hybridized carbons (Fsp3) is 0.304. The lowest BCUT2D eigenvalue weighted by atomic mass is 10.1. The van der Waals surface area contributed by atoms with Crippen LogP contribution in [0.4, 0.5) is 5.69 Å². The number of thiophene rings is 1. The van der Waals surface area contributed by atoms with Crippen LogP contribution in [-0.4, -0.2) is 53.6 Å². The molecular weight excluding hydrogens is 398 g/mol. The van der Waals surface area contributed by atoms with Crippen molar-refractivity contribution in [1.29, 1.82) is 0 Å². The minimum Gasteiger partial charge on any atom is -0.508 e. The third-order valence-corrected chi connectivity index (χ3v) is 7.24. The van der Waals surface area contributed by atoms with Crippen LogP contribution in [-0.2, 0) is 6.54 Å². The predicted molar refractivity (Wildman–Crippen MR) is 124 cm³/mol. The Morgan fingerprint density at radius 1 is 1.03 bits per heavy atom. The van der Waals surface area contributed by atoms with Crippen molar-refractivity contribution in [3.63, 3.8) is 0 Å². The van der Waals surface area contributed by atoms with Gasteiger partial charge in [0.15, 0.2) is 0 Å². The zero-order valence-electron chi connectivity index (χ0n) is 16.6. The Hall–Kier alpha value is -1.99. The lowest BCUT2D eigenvalue weighted by Crippen LogP contribution is -2.55. The Morgan fingerprint density at radius 3 is 2.55 bits per heavy atom. The third-order valence-electron chi connectivity index (χ3n) is 5.16. The third kappa shape index (κ3) is 5.54. The van der Waals surface area contributed by atoms with Crippen LogP contribution < -0.4 is 4.90 Å². The van der Waals surface area contributed by atoms with Gasteiger partial charge in [-0.3, -0.25) is 0 Å². The van der Waals surface area contributed by atoms with Crippen molar-refractivity contribution in [2.75, 3.05) is 38.1 Å². The first-order valence-electron chi connectivity index (χ1n) is 9.92. The quantitative estimate of drug-likeness (QED) is 0.550. The van der Waals surface area contributed by atoms with E-state index in [1.165, 1.54) is 15.5 Å². The van der Waals surface area contributed by atoms with E-state index in [0.717, 1.165) is 32.7 Å². The Kier molecular flexibility index (Phi) is 6.77. The minimum absolute atomic E-state index is 0.318. The Morgan fingerprint density at radius 2 is 1.83 bits per heavy atom.